The number of rotatable bonds is 7. The Hall–Kier alpha value is -1.53. The number of hydrogen-bond acceptors (Lipinski definition) is 10. The quantitative estimate of drug-likeness (QED) is 0.279. The molecule has 2 heterocycles. The molecule has 34 heavy (non-hydrogen) atoms. The van der Waals surface area contributed by atoms with Crippen LogP contribution in [-0.2, 0) is 49.4 Å². The zero-order chi connectivity index (χ0) is 24.8. The van der Waals surface area contributed by atoms with Gasteiger partial charge in [-0.05, 0) is 12.5 Å². The number of benzene rings is 1. The van der Waals surface area contributed by atoms with Crippen LogP contribution in [0.5, 0.6) is 0 Å². The van der Waals surface area contributed by atoms with E-state index >= 15 is 0 Å². The van der Waals surface area contributed by atoms with E-state index in [1.165, 1.54) is 0 Å². The van der Waals surface area contributed by atoms with Gasteiger partial charge in [-0.3, -0.25) is 0 Å². The van der Waals surface area contributed by atoms with Crippen LogP contribution < -0.4 is 0 Å². The van der Waals surface area contributed by atoms with Crippen LogP contribution in [-0.4, -0.2) is 71.4 Å². The Morgan fingerprint density at radius 2 is 1.56 bits per heavy atom. The van der Waals surface area contributed by atoms with Crippen LogP contribution >= 0.6 is 46.4 Å². The van der Waals surface area contributed by atoms with E-state index in [-0.39, 0.29) is 13.2 Å². The molecule has 1 aromatic rings. The molecule has 0 aliphatic carbocycles. The van der Waals surface area contributed by atoms with Crippen molar-refractivity contribution >= 4 is 64.5 Å². The molecule has 0 radical (unpaired) electrons. The van der Waals surface area contributed by atoms with E-state index in [0.717, 1.165) is 0 Å². The maximum atomic E-state index is 12.4. The average Bonchev–Trinajstić information content (AvgIpc) is 2.80. The molecule has 0 saturated carbocycles. The molecule has 6 atom stereocenters. The van der Waals surface area contributed by atoms with Gasteiger partial charge in [-0.1, -0.05) is 76.7 Å². The average molecular weight is 562 g/mol. The summed E-state index contributed by atoms with van der Waals surface area (Å²) in [4.78, 5) is 33.6. The van der Waals surface area contributed by atoms with Crippen molar-refractivity contribution in [3.63, 3.8) is 0 Å². The maximum absolute atomic E-state index is 12.4. The van der Waals surface area contributed by atoms with Gasteiger partial charge in [0.25, 0.3) is 0 Å². The molecule has 2 fully saturated rings. The van der Waals surface area contributed by atoms with Crippen molar-refractivity contribution < 1.29 is 47.5 Å². The Morgan fingerprint density at radius 1 is 0.941 bits per heavy atom. The molecule has 1 aromatic carbocycles. The van der Waals surface area contributed by atoms with Gasteiger partial charge >= 0.3 is 18.1 Å². The van der Waals surface area contributed by atoms with Crippen molar-refractivity contribution in [3.05, 3.63) is 35.9 Å². The Bertz CT molecular complexity index is 855. The second-order valence-electron chi connectivity index (χ2n) is 7.09. The number of esters is 2. The second-order valence-corrected chi connectivity index (χ2v) is 9.28. The summed E-state index contributed by atoms with van der Waals surface area (Å²) >= 11 is 22.4. The maximum Gasteiger partial charge on any atom is 0.511 e. The van der Waals surface area contributed by atoms with E-state index in [2.05, 4.69) is 0 Å². The Morgan fingerprint density at radius 3 is 2.18 bits per heavy atom. The number of carbonyl (C=O) groups excluding carboxylic acids is 3. The van der Waals surface area contributed by atoms with Crippen LogP contribution in [0.25, 0.3) is 0 Å². The third-order valence-electron chi connectivity index (χ3n) is 4.71. The minimum atomic E-state index is -1.61. The topological polar surface area (TPSA) is 116 Å². The summed E-state index contributed by atoms with van der Waals surface area (Å²) in [7, 11) is 0. The van der Waals surface area contributed by atoms with Gasteiger partial charge in [-0.15, -0.1) is 0 Å². The number of carbonyl (C=O) groups is 3. The summed E-state index contributed by atoms with van der Waals surface area (Å²) < 4.78 is 37.7. The fraction of sp³-hybridized carbons (Fsp3) is 0.550. The first-order chi connectivity index (χ1) is 16.2. The normalized spacial score (nSPS) is 28.7. The molecule has 3 rings (SSSR count). The van der Waals surface area contributed by atoms with Crippen molar-refractivity contribution in [1.29, 1.82) is 0 Å². The van der Waals surface area contributed by atoms with Gasteiger partial charge < -0.3 is 33.2 Å². The highest BCUT2D eigenvalue weighted by Gasteiger charge is 2.55. The van der Waals surface area contributed by atoms with Gasteiger partial charge in [0.15, 0.2) is 12.4 Å². The number of ether oxygens (including phenoxy) is 7. The molecule has 0 amide bonds. The van der Waals surface area contributed by atoms with Crippen molar-refractivity contribution in [2.24, 2.45) is 0 Å². The van der Waals surface area contributed by atoms with Crippen molar-refractivity contribution in [1.82, 2.24) is 0 Å². The minimum Gasteiger partial charge on any atom is -0.453 e. The van der Waals surface area contributed by atoms with Crippen LogP contribution in [0.1, 0.15) is 12.5 Å². The summed E-state index contributed by atoms with van der Waals surface area (Å²) in [5, 5.41) is 0. The highest BCUT2D eigenvalue weighted by atomic mass is 35.5. The van der Waals surface area contributed by atoms with Gasteiger partial charge in [-0.2, -0.15) is 0 Å². The molecule has 188 valence electrons. The van der Waals surface area contributed by atoms with Crippen LogP contribution in [0, 0.1) is 0 Å². The molecular weight excluding hydrogens is 542 g/mol. The Labute approximate surface area is 214 Å². The van der Waals surface area contributed by atoms with Crippen LogP contribution in [0.15, 0.2) is 30.3 Å². The number of alkyl halides is 4. The van der Waals surface area contributed by atoms with Gasteiger partial charge in [0.05, 0.1) is 6.61 Å². The van der Waals surface area contributed by atoms with Gasteiger partial charge in [0.2, 0.25) is 22.1 Å². The van der Waals surface area contributed by atoms with E-state index in [1.807, 2.05) is 0 Å². The zero-order valence-electron chi connectivity index (χ0n) is 17.5. The van der Waals surface area contributed by atoms with Gasteiger partial charge in [0, 0.05) is 0 Å². The zero-order valence-corrected chi connectivity index (χ0v) is 20.5. The molecule has 0 aromatic heterocycles. The highest BCUT2D eigenvalue weighted by Crippen LogP contribution is 2.33. The number of hydrogen-bond donors (Lipinski definition) is 0. The lowest BCUT2D eigenvalue weighted by Gasteiger charge is -2.47. The van der Waals surface area contributed by atoms with Crippen LogP contribution in [0.3, 0.4) is 0 Å². The molecule has 0 spiro atoms. The van der Waals surface area contributed by atoms with E-state index in [9.17, 15) is 14.4 Å². The van der Waals surface area contributed by atoms with Crippen molar-refractivity contribution in [2.45, 2.75) is 60.2 Å². The lowest BCUT2D eigenvalue weighted by molar-refractivity contribution is -0.350. The fourth-order valence-electron chi connectivity index (χ4n) is 3.24. The monoisotopic (exact) mass is 560 g/mol. The predicted molar refractivity (Wildman–Crippen MR) is 117 cm³/mol. The summed E-state index contributed by atoms with van der Waals surface area (Å²) in [5.74, 6) is -2.17. The summed E-state index contributed by atoms with van der Waals surface area (Å²) in [6.07, 6.45) is -8.29. The molecule has 10 nitrogen and oxygen atoms in total. The number of halogens is 4. The third-order valence-corrected chi connectivity index (χ3v) is 5.42. The van der Waals surface area contributed by atoms with E-state index < -0.39 is 64.8 Å². The largest absolute Gasteiger partial charge is 0.511 e. The van der Waals surface area contributed by atoms with Gasteiger partial charge in [0.1, 0.15) is 18.8 Å². The van der Waals surface area contributed by atoms with E-state index in [1.54, 1.807) is 37.3 Å². The lowest BCUT2D eigenvalue weighted by atomic mass is 9.97. The lowest BCUT2D eigenvalue weighted by Crippen LogP contribution is -2.65. The summed E-state index contributed by atoms with van der Waals surface area (Å²) in [6.45, 7) is 1.48. The highest BCUT2D eigenvalue weighted by molar-refractivity contribution is 6.53. The minimum absolute atomic E-state index is 0.0156. The molecule has 1 unspecified atom stereocenters. The van der Waals surface area contributed by atoms with Gasteiger partial charge in [-0.25, -0.2) is 14.4 Å². The third kappa shape index (κ3) is 7.24. The van der Waals surface area contributed by atoms with E-state index in [4.69, 9.17) is 79.6 Å². The van der Waals surface area contributed by atoms with E-state index in [0.29, 0.717) is 5.56 Å². The summed E-state index contributed by atoms with van der Waals surface area (Å²) in [5.41, 5.74) is 0.698. The predicted octanol–water partition coefficient (Wildman–Crippen LogP) is 3.26. The van der Waals surface area contributed by atoms with Crippen molar-refractivity contribution in [3.8, 4) is 0 Å². The van der Waals surface area contributed by atoms with Crippen molar-refractivity contribution in [2.75, 3.05) is 6.61 Å². The Balaban J connectivity index is 1.81. The second kappa shape index (κ2) is 12.4. The molecule has 0 N–H and O–H groups in total. The van der Waals surface area contributed by atoms with Crippen LogP contribution in [0.2, 0.25) is 0 Å². The molecule has 2 aliphatic rings. The molecule has 2 saturated heterocycles. The number of fused-ring (bicyclic) bond motifs is 1. The molecule has 0 bridgehead atoms. The first kappa shape index (κ1) is 27.1. The first-order valence-corrected chi connectivity index (χ1v) is 11.7. The molecular formula is C20H20Cl4O10. The smallest absolute Gasteiger partial charge is 0.453 e. The Kier molecular flexibility index (Phi) is 9.90. The SMILES string of the molecule is CC1OC[C@H]2O[C@@H](OC(=O)OCc3ccccc3)[C@H](OC(=O)C(Cl)Cl)[C@@H](OC(=O)C(Cl)Cl)[C@@H]2O1. The standard InChI is InChI=1S/C20H20Cl4O10/c1-9-28-8-11-12(30-9)13(32-17(25)15(21)22)14(33-18(26)16(23)24)19(31-11)34-20(27)29-7-10-5-3-2-4-6-10/h2-6,9,11-16,19H,7-8H2,1H3/t9?,11-,12-,13+,14-,19+/m1/s1. The summed E-state index contributed by atoms with van der Waals surface area (Å²) in [6, 6.07) is 8.81. The first-order valence-electron chi connectivity index (χ1n) is 9.93. The fourth-order valence-corrected chi connectivity index (χ4v) is 3.44. The molecule has 2 aliphatic heterocycles. The van der Waals surface area contributed by atoms with Crippen LogP contribution in [0.4, 0.5) is 4.79 Å². The molecule has 14 heteroatoms.